The van der Waals surface area contributed by atoms with Gasteiger partial charge in [-0.3, -0.25) is 4.68 Å². The molecule has 0 unspecified atom stereocenters. The molecule has 0 aliphatic rings. The van der Waals surface area contributed by atoms with Crippen LogP contribution in [0.2, 0.25) is 0 Å². The lowest BCUT2D eigenvalue weighted by Crippen LogP contribution is -2.22. The maximum atomic E-state index is 4.40. The molecular formula is C15H20BrN3. The third kappa shape index (κ3) is 4.18. The minimum absolute atomic E-state index is 0.0456. The maximum absolute atomic E-state index is 4.40. The number of aromatic nitrogens is 2. The second-order valence-electron chi connectivity index (χ2n) is 5.69. The van der Waals surface area contributed by atoms with Gasteiger partial charge in [-0.15, -0.1) is 0 Å². The van der Waals surface area contributed by atoms with Crippen molar-refractivity contribution in [3.63, 3.8) is 0 Å². The van der Waals surface area contributed by atoms with Gasteiger partial charge in [0, 0.05) is 29.3 Å². The van der Waals surface area contributed by atoms with Gasteiger partial charge in [0.05, 0.1) is 11.7 Å². The normalized spacial score (nSPS) is 11.8. The van der Waals surface area contributed by atoms with Crippen molar-refractivity contribution < 1.29 is 0 Å². The Morgan fingerprint density at radius 2 is 1.74 bits per heavy atom. The molecule has 0 spiro atoms. The van der Waals surface area contributed by atoms with E-state index in [1.54, 1.807) is 0 Å². The van der Waals surface area contributed by atoms with Crippen LogP contribution in [0.5, 0.6) is 0 Å². The Labute approximate surface area is 123 Å². The fourth-order valence-electron chi connectivity index (χ4n) is 1.77. The van der Waals surface area contributed by atoms with E-state index in [0.29, 0.717) is 0 Å². The first kappa shape index (κ1) is 14.3. The molecule has 0 bridgehead atoms. The number of hydrogen-bond donors (Lipinski definition) is 1. The van der Waals surface area contributed by atoms with E-state index in [4.69, 9.17) is 0 Å². The van der Waals surface area contributed by atoms with Crippen LogP contribution in [0.1, 0.15) is 31.9 Å². The van der Waals surface area contributed by atoms with Gasteiger partial charge in [0.25, 0.3) is 0 Å². The van der Waals surface area contributed by atoms with Gasteiger partial charge in [-0.05, 0) is 38.5 Å². The second-order valence-corrected chi connectivity index (χ2v) is 6.61. The predicted molar refractivity (Wildman–Crippen MR) is 81.9 cm³/mol. The summed E-state index contributed by atoms with van der Waals surface area (Å²) in [7, 11) is 0. The first-order valence-corrected chi connectivity index (χ1v) is 7.23. The van der Waals surface area contributed by atoms with Crippen LogP contribution in [0.25, 0.3) is 0 Å². The van der Waals surface area contributed by atoms with Gasteiger partial charge in [-0.2, -0.15) is 5.10 Å². The number of benzene rings is 1. The molecule has 1 aromatic heterocycles. The van der Waals surface area contributed by atoms with Crippen molar-refractivity contribution in [2.45, 2.75) is 39.4 Å². The van der Waals surface area contributed by atoms with E-state index in [2.05, 4.69) is 77.6 Å². The second kappa shape index (κ2) is 5.88. The first-order valence-electron chi connectivity index (χ1n) is 6.44. The highest BCUT2D eigenvalue weighted by Crippen LogP contribution is 2.13. The zero-order chi connectivity index (χ0) is 13.9. The molecule has 0 aliphatic carbocycles. The van der Waals surface area contributed by atoms with Crippen molar-refractivity contribution in [3.8, 4) is 0 Å². The lowest BCUT2D eigenvalue weighted by Gasteiger charge is -2.18. The zero-order valence-electron chi connectivity index (χ0n) is 11.7. The van der Waals surface area contributed by atoms with Gasteiger partial charge in [-0.25, -0.2) is 0 Å². The summed E-state index contributed by atoms with van der Waals surface area (Å²) in [5, 5.41) is 7.83. The molecule has 1 N–H and O–H groups in total. The molecule has 0 aliphatic heterocycles. The average molecular weight is 322 g/mol. The summed E-state index contributed by atoms with van der Waals surface area (Å²) in [6.45, 7) is 8.16. The summed E-state index contributed by atoms with van der Waals surface area (Å²) < 4.78 is 3.12. The molecule has 1 aromatic carbocycles. The number of nitrogens with zero attached hydrogens (tertiary/aromatic N) is 2. The van der Waals surface area contributed by atoms with Crippen molar-refractivity contribution in [1.29, 1.82) is 0 Å². The molecule has 102 valence electrons. The van der Waals surface area contributed by atoms with E-state index in [9.17, 15) is 0 Å². The zero-order valence-corrected chi connectivity index (χ0v) is 13.2. The minimum atomic E-state index is 0.0456. The molecule has 0 fully saturated rings. The van der Waals surface area contributed by atoms with Gasteiger partial charge < -0.3 is 5.32 Å². The van der Waals surface area contributed by atoms with Crippen LogP contribution in [0.15, 0.2) is 41.1 Å². The highest BCUT2D eigenvalue weighted by molar-refractivity contribution is 9.10. The van der Waals surface area contributed by atoms with Crippen LogP contribution in [0.3, 0.4) is 0 Å². The van der Waals surface area contributed by atoms with Crippen molar-refractivity contribution >= 4 is 15.9 Å². The number of halogens is 1. The summed E-state index contributed by atoms with van der Waals surface area (Å²) in [6.07, 6.45) is 4.04. The molecule has 19 heavy (non-hydrogen) atoms. The fraction of sp³-hybridized carbons (Fsp3) is 0.400. The summed E-state index contributed by atoms with van der Waals surface area (Å²) >= 11 is 3.44. The summed E-state index contributed by atoms with van der Waals surface area (Å²) in [6, 6.07) is 8.37. The van der Waals surface area contributed by atoms with E-state index in [-0.39, 0.29) is 5.54 Å². The smallest absolute Gasteiger partial charge is 0.0543 e. The molecule has 0 saturated carbocycles. The van der Waals surface area contributed by atoms with Crippen LogP contribution >= 0.6 is 15.9 Å². The third-order valence-corrected chi connectivity index (χ3v) is 3.42. The molecule has 1 heterocycles. The fourth-order valence-corrected chi connectivity index (χ4v) is 2.04. The van der Waals surface area contributed by atoms with Gasteiger partial charge in [0.15, 0.2) is 0 Å². The number of rotatable bonds is 4. The molecule has 0 amide bonds. The van der Waals surface area contributed by atoms with E-state index in [1.165, 1.54) is 11.1 Å². The highest BCUT2D eigenvalue weighted by atomic mass is 79.9. The third-order valence-electron chi connectivity index (χ3n) is 2.89. The van der Waals surface area contributed by atoms with Gasteiger partial charge in [0.2, 0.25) is 0 Å². The molecular weight excluding hydrogens is 302 g/mol. The van der Waals surface area contributed by atoms with Crippen molar-refractivity contribution in [2.75, 3.05) is 0 Å². The monoisotopic (exact) mass is 321 g/mol. The summed E-state index contributed by atoms with van der Waals surface area (Å²) in [4.78, 5) is 0. The minimum Gasteiger partial charge on any atom is -0.309 e. The lowest BCUT2D eigenvalue weighted by molar-refractivity contribution is 0.355. The SMILES string of the molecule is CC(C)(C)n1cc(CNCc2ccc(Br)cc2)cn1. The van der Waals surface area contributed by atoms with Crippen molar-refractivity contribution in [3.05, 3.63) is 52.3 Å². The predicted octanol–water partition coefficient (Wildman–Crippen LogP) is 3.69. The van der Waals surface area contributed by atoms with E-state index >= 15 is 0 Å². The molecule has 2 aromatic rings. The van der Waals surface area contributed by atoms with Crippen LogP contribution in [0.4, 0.5) is 0 Å². The van der Waals surface area contributed by atoms with E-state index < -0.39 is 0 Å². The molecule has 0 atom stereocenters. The van der Waals surface area contributed by atoms with Crippen LogP contribution in [0, 0.1) is 0 Å². The Kier molecular flexibility index (Phi) is 4.42. The van der Waals surface area contributed by atoms with Gasteiger partial charge >= 0.3 is 0 Å². The van der Waals surface area contributed by atoms with Crippen molar-refractivity contribution in [2.24, 2.45) is 0 Å². The molecule has 2 rings (SSSR count). The number of hydrogen-bond acceptors (Lipinski definition) is 2. The van der Waals surface area contributed by atoms with Crippen LogP contribution in [-0.2, 0) is 18.6 Å². The lowest BCUT2D eigenvalue weighted by atomic mass is 10.1. The standard InChI is InChI=1S/C15H20BrN3/c1-15(2,3)19-11-13(10-18-19)9-17-8-12-4-6-14(16)7-5-12/h4-7,10-11,17H,8-9H2,1-3H3. The maximum Gasteiger partial charge on any atom is 0.0543 e. The molecule has 0 radical (unpaired) electrons. The Hall–Kier alpha value is -1.13. The van der Waals surface area contributed by atoms with Crippen LogP contribution < -0.4 is 5.32 Å². The average Bonchev–Trinajstić information content (AvgIpc) is 2.80. The van der Waals surface area contributed by atoms with Crippen molar-refractivity contribution in [1.82, 2.24) is 15.1 Å². The largest absolute Gasteiger partial charge is 0.309 e. The Bertz CT molecular complexity index is 523. The quantitative estimate of drug-likeness (QED) is 0.930. The molecule has 4 heteroatoms. The number of nitrogens with one attached hydrogen (secondary N) is 1. The molecule has 3 nitrogen and oxygen atoms in total. The topological polar surface area (TPSA) is 29.9 Å². The van der Waals surface area contributed by atoms with Crippen LogP contribution in [-0.4, -0.2) is 9.78 Å². The summed E-state index contributed by atoms with van der Waals surface area (Å²) in [5.74, 6) is 0. The van der Waals surface area contributed by atoms with E-state index in [0.717, 1.165) is 17.6 Å². The highest BCUT2D eigenvalue weighted by Gasteiger charge is 2.13. The summed E-state index contributed by atoms with van der Waals surface area (Å²) in [5.41, 5.74) is 2.54. The Morgan fingerprint density at radius 3 is 2.32 bits per heavy atom. The van der Waals surface area contributed by atoms with Gasteiger partial charge in [-0.1, -0.05) is 28.1 Å². The first-order chi connectivity index (χ1) is 8.95. The Balaban J connectivity index is 1.86. The van der Waals surface area contributed by atoms with Gasteiger partial charge in [0.1, 0.15) is 0 Å². The Morgan fingerprint density at radius 1 is 1.11 bits per heavy atom. The molecule has 0 saturated heterocycles. The van der Waals surface area contributed by atoms with E-state index in [1.807, 2.05) is 10.9 Å².